The van der Waals surface area contributed by atoms with E-state index in [9.17, 15) is 0 Å². The molecule has 0 radical (unpaired) electrons. The second-order valence-electron chi connectivity index (χ2n) is 5.59. The quantitative estimate of drug-likeness (QED) is 0.736. The highest BCUT2D eigenvalue weighted by molar-refractivity contribution is 5.89. The van der Waals surface area contributed by atoms with Crippen LogP contribution in [-0.2, 0) is 6.54 Å². The molecule has 2 aromatic carbocycles. The van der Waals surface area contributed by atoms with Gasteiger partial charge in [-0.2, -0.15) is 0 Å². The van der Waals surface area contributed by atoms with Crippen molar-refractivity contribution in [2.45, 2.75) is 26.8 Å². The van der Waals surface area contributed by atoms with Gasteiger partial charge in [0.25, 0.3) is 0 Å². The molecule has 0 amide bonds. The van der Waals surface area contributed by atoms with Gasteiger partial charge in [-0.1, -0.05) is 30.7 Å². The Kier molecular flexibility index (Phi) is 4.71. The van der Waals surface area contributed by atoms with Crippen LogP contribution >= 0.6 is 0 Å². The lowest BCUT2D eigenvalue weighted by Gasteiger charge is -2.10. The summed E-state index contributed by atoms with van der Waals surface area (Å²) in [6.07, 6.45) is 2.62. The van der Waals surface area contributed by atoms with Crippen LogP contribution in [0.25, 0.3) is 10.9 Å². The molecule has 23 heavy (non-hydrogen) atoms. The van der Waals surface area contributed by atoms with Gasteiger partial charge >= 0.3 is 0 Å². The van der Waals surface area contributed by atoms with E-state index in [1.54, 1.807) is 6.33 Å². The Morgan fingerprint density at radius 3 is 2.65 bits per heavy atom. The van der Waals surface area contributed by atoms with E-state index in [0.29, 0.717) is 6.54 Å². The van der Waals surface area contributed by atoms with Crippen LogP contribution in [0.3, 0.4) is 0 Å². The summed E-state index contributed by atoms with van der Waals surface area (Å²) < 4.78 is 5.60. The number of aromatic nitrogens is 2. The first-order chi connectivity index (χ1) is 11.3. The zero-order chi connectivity index (χ0) is 16.1. The van der Waals surface area contributed by atoms with Crippen molar-refractivity contribution in [3.63, 3.8) is 0 Å². The fourth-order valence-electron chi connectivity index (χ4n) is 2.42. The number of ether oxygens (including phenoxy) is 1. The van der Waals surface area contributed by atoms with Gasteiger partial charge in [0, 0.05) is 11.9 Å². The van der Waals surface area contributed by atoms with E-state index < -0.39 is 0 Å². The van der Waals surface area contributed by atoms with E-state index >= 15 is 0 Å². The van der Waals surface area contributed by atoms with Crippen molar-refractivity contribution in [1.82, 2.24) is 9.97 Å². The minimum Gasteiger partial charge on any atom is -0.494 e. The second kappa shape index (κ2) is 7.09. The zero-order valence-corrected chi connectivity index (χ0v) is 13.5. The third-order valence-electron chi connectivity index (χ3n) is 3.65. The van der Waals surface area contributed by atoms with E-state index in [0.717, 1.165) is 35.5 Å². The Morgan fingerprint density at radius 2 is 1.87 bits per heavy atom. The number of fused-ring (bicyclic) bond motifs is 1. The van der Waals surface area contributed by atoms with E-state index in [-0.39, 0.29) is 0 Å². The first-order valence-electron chi connectivity index (χ1n) is 7.93. The van der Waals surface area contributed by atoms with Gasteiger partial charge < -0.3 is 10.1 Å². The van der Waals surface area contributed by atoms with Crippen molar-refractivity contribution in [1.29, 1.82) is 0 Å². The summed E-state index contributed by atoms with van der Waals surface area (Å²) in [5.41, 5.74) is 3.34. The Labute approximate surface area is 136 Å². The molecule has 3 rings (SSSR count). The predicted octanol–water partition coefficient (Wildman–Crippen LogP) is 4.34. The number of hydrogen-bond donors (Lipinski definition) is 1. The molecule has 0 aliphatic carbocycles. The highest BCUT2D eigenvalue weighted by Crippen LogP contribution is 2.21. The van der Waals surface area contributed by atoms with Gasteiger partial charge in [-0.15, -0.1) is 0 Å². The summed E-state index contributed by atoms with van der Waals surface area (Å²) in [6, 6.07) is 14.4. The van der Waals surface area contributed by atoms with Crippen LogP contribution in [0.5, 0.6) is 5.75 Å². The number of aryl methyl sites for hydroxylation is 1. The van der Waals surface area contributed by atoms with Crippen molar-refractivity contribution in [2.24, 2.45) is 0 Å². The lowest BCUT2D eigenvalue weighted by molar-refractivity contribution is 0.317. The molecule has 1 N–H and O–H groups in total. The minimum atomic E-state index is 0.716. The van der Waals surface area contributed by atoms with Crippen molar-refractivity contribution in [2.75, 3.05) is 11.9 Å². The van der Waals surface area contributed by atoms with E-state index in [2.05, 4.69) is 53.4 Å². The van der Waals surface area contributed by atoms with Crippen molar-refractivity contribution < 1.29 is 4.74 Å². The summed E-state index contributed by atoms with van der Waals surface area (Å²) in [6.45, 7) is 5.65. The molecule has 0 atom stereocenters. The zero-order valence-electron chi connectivity index (χ0n) is 13.5. The molecule has 1 heterocycles. The largest absolute Gasteiger partial charge is 0.494 e. The smallest absolute Gasteiger partial charge is 0.137 e. The first-order valence-corrected chi connectivity index (χ1v) is 7.93. The average Bonchev–Trinajstić information content (AvgIpc) is 2.59. The van der Waals surface area contributed by atoms with Crippen molar-refractivity contribution in [3.05, 3.63) is 59.9 Å². The molecule has 0 fully saturated rings. The molecule has 0 aliphatic rings. The molecule has 3 aromatic rings. The van der Waals surface area contributed by atoms with Gasteiger partial charge in [0.2, 0.25) is 0 Å². The normalized spacial score (nSPS) is 10.7. The molecule has 0 unspecified atom stereocenters. The third kappa shape index (κ3) is 3.77. The van der Waals surface area contributed by atoms with Crippen LogP contribution in [0.2, 0.25) is 0 Å². The highest BCUT2D eigenvalue weighted by Gasteiger charge is 2.04. The number of hydrogen-bond acceptors (Lipinski definition) is 4. The Balaban J connectivity index is 1.72. The van der Waals surface area contributed by atoms with Crippen LogP contribution in [0.4, 0.5) is 5.82 Å². The molecule has 0 saturated heterocycles. The van der Waals surface area contributed by atoms with Crippen LogP contribution in [0, 0.1) is 6.92 Å². The monoisotopic (exact) mass is 307 g/mol. The number of anilines is 1. The van der Waals surface area contributed by atoms with Crippen molar-refractivity contribution >= 4 is 16.7 Å². The minimum absolute atomic E-state index is 0.716. The first kappa shape index (κ1) is 15.3. The second-order valence-corrected chi connectivity index (χ2v) is 5.59. The van der Waals surface area contributed by atoms with Gasteiger partial charge in [-0.25, -0.2) is 9.97 Å². The average molecular weight is 307 g/mol. The lowest BCUT2D eigenvalue weighted by Crippen LogP contribution is -2.03. The van der Waals surface area contributed by atoms with E-state index in [1.165, 1.54) is 11.1 Å². The fraction of sp³-hybridized carbons (Fsp3) is 0.263. The molecular formula is C19H21N3O. The maximum Gasteiger partial charge on any atom is 0.137 e. The summed E-state index contributed by atoms with van der Waals surface area (Å²) in [5, 5.41) is 4.45. The molecule has 0 aliphatic heterocycles. The summed E-state index contributed by atoms with van der Waals surface area (Å²) in [4.78, 5) is 8.68. The van der Waals surface area contributed by atoms with Crippen LogP contribution in [0.1, 0.15) is 24.5 Å². The predicted molar refractivity (Wildman–Crippen MR) is 93.8 cm³/mol. The molecule has 0 spiro atoms. The van der Waals surface area contributed by atoms with Crippen LogP contribution in [0.15, 0.2) is 48.8 Å². The van der Waals surface area contributed by atoms with E-state index in [1.807, 2.05) is 18.2 Å². The maximum atomic E-state index is 5.60. The number of benzene rings is 2. The SMILES string of the molecule is CCCOc1ccc(CNc2ncnc3ccc(C)cc23)cc1. The lowest BCUT2D eigenvalue weighted by atomic mass is 10.1. The summed E-state index contributed by atoms with van der Waals surface area (Å²) in [5.74, 6) is 1.78. The molecular weight excluding hydrogens is 286 g/mol. The Bertz CT molecular complexity index is 784. The van der Waals surface area contributed by atoms with Crippen LogP contribution < -0.4 is 10.1 Å². The molecule has 1 aromatic heterocycles. The molecule has 0 saturated carbocycles. The Hall–Kier alpha value is -2.62. The number of nitrogens with zero attached hydrogens (tertiary/aromatic N) is 2. The van der Waals surface area contributed by atoms with Gasteiger partial charge in [0.15, 0.2) is 0 Å². The van der Waals surface area contributed by atoms with Gasteiger partial charge in [0.1, 0.15) is 17.9 Å². The third-order valence-corrected chi connectivity index (χ3v) is 3.65. The van der Waals surface area contributed by atoms with Gasteiger partial charge in [-0.3, -0.25) is 0 Å². The number of nitrogens with one attached hydrogen (secondary N) is 1. The van der Waals surface area contributed by atoms with Crippen molar-refractivity contribution in [3.8, 4) is 5.75 Å². The summed E-state index contributed by atoms with van der Waals surface area (Å²) >= 11 is 0. The standard InChI is InChI=1S/C19H21N3O/c1-3-10-23-16-7-5-15(6-8-16)12-20-19-17-11-14(2)4-9-18(17)21-13-22-19/h4-9,11,13H,3,10,12H2,1-2H3,(H,20,21,22). The summed E-state index contributed by atoms with van der Waals surface area (Å²) in [7, 11) is 0. The fourth-order valence-corrected chi connectivity index (χ4v) is 2.42. The highest BCUT2D eigenvalue weighted by atomic mass is 16.5. The molecule has 118 valence electrons. The molecule has 4 heteroatoms. The Morgan fingerprint density at radius 1 is 1.04 bits per heavy atom. The van der Waals surface area contributed by atoms with E-state index in [4.69, 9.17) is 4.74 Å². The maximum absolute atomic E-state index is 5.60. The molecule has 0 bridgehead atoms. The van der Waals surface area contributed by atoms with Gasteiger partial charge in [0.05, 0.1) is 12.1 Å². The molecule has 4 nitrogen and oxygen atoms in total. The topological polar surface area (TPSA) is 47.0 Å². The van der Waals surface area contributed by atoms with Crippen LogP contribution in [-0.4, -0.2) is 16.6 Å². The number of rotatable bonds is 6. The van der Waals surface area contributed by atoms with Gasteiger partial charge in [-0.05, 0) is 43.2 Å².